The lowest BCUT2D eigenvalue weighted by Gasteiger charge is -2.28. The standard InChI is InChI=1S/C10H12FNOS/c11-9-1-3-10(4-2-9)12-5-7-14(13)8-6-12/h1-4H,5-8H2. The van der Waals surface area contributed by atoms with Gasteiger partial charge < -0.3 is 4.90 Å². The van der Waals surface area contributed by atoms with Crippen molar-refractivity contribution in [1.82, 2.24) is 0 Å². The van der Waals surface area contributed by atoms with Gasteiger partial charge >= 0.3 is 0 Å². The van der Waals surface area contributed by atoms with Crippen molar-refractivity contribution in [1.29, 1.82) is 0 Å². The molecule has 0 unspecified atom stereocenters. The Bertz CT molecular complexity index is 328. The summed E-state index contributed by atoms with van der Waals surface area (Å²) in [6.45, 7) is 1.61. The van der Waals surface area contributed by atoms with Gasteiger partial charge in [0.25, 0.3) is 0 Å². The van der Waals surface area contributed by atoms with E-state index >= 15 is 0 Å². The van der Waals surface area contributed by atoms with Crippen molar-refractivity contribution < 1.29 is 8.60 Å². The van der Waals surface area contributed by atoms with E-state index in [1.54, 1.807) is 12.1 Å². The van der Waals surface area contributed by atoms with Crippen LogP contribution in [0, 0.1) is 5.82 Å². The summed E-state index contributed by atoms with van der Waals surface area (Å²) in [5.41, 5.74) is 1.02. The molecule has 0 N–H and O–H groups in total. The van der Waals surface area contributed by atoms with Crippen LogP contribution in [0.4, 0.5) is 10.1 Å². The molecule has 0 saturated carbocycles. The fraction of sp³-hybridized carbons (Fsp3) is 0.400. The topological polar surface area (TPSA) is 20.3 Å². The molecule has 0 aliphatic carbocycles. The van der Waals surface area contributed by atoms with Crippen LogP contribution in [-0.2, 0) is 10.8 Å². The first-order chi connectivity index (χ1) is 6.75. The van der Waals surface area contributed by atoms with E-state index < -0.39 is 10.8 Å². The Labute approximate surface area is 85.2 Å². The smallest absolute Gasteiger partial charge is 0.123 e. The molecule has 1 saturated heterocycles. The lowest BCUT2D eigenvalue weighted by Crippen LogP contribution is -2.37. The van der Waals surface area contributed by atoms with Gasteiger partial charge in [0.15, 0.2) is 0 Å². The summed E-state index contributed by atoms with van der Waals surface area (Å²) in [4.78, 5) is 2.14. The molecule has 14 heavy (non-hydrogen) atoms. The fourth-order valence-electron chi connectivity index (χ4n) is 1.55. The normalized spacial score (nSPS) is 18.5. The third-order valence-electron chi connectivity index (χ3n) is 2.37. The van der Waals surface area contributed by atoms with Gasteiger partial charge in [-0.15, -0.1) is 0 Å². The van der Waals surface area contributed by atoms with Crippen LogP contribution in [-0.4, -0.2) is 28.8 Å². The third-order valence-corrected chi connectivity index (χ3v) is 3.65. The summed E-state index contributed by atoms with van der Waals surface area (Å²) in [6.07, 6.45) is 0. The molecule has 76 valence electrons. The molecular formula is C10H12FNOS. The van der Waals surface area contributed by atoms with Gasteiger partial charge in [-0.3, -0.25) is 4.21 Å². The molecule has 0 atom stereocenters. The van der Waals surface area contributed by atoms with Gasteiger partial charge in [-0.05, 0) is 24.3 Å². The van der Waals surface area contributed by atoms with Crippen LogP contribution in [0.1, 0.15) is 0 Å². The van der Waals surface area contributed by atoms with Crippen LogP contribution in [0.15, 0.2) is 24.3 Å². The lowest BCUT2D eigenvalue weighted by atomic mass is 10.3. The van der Waals surface area contributed by atoms with Crippen LogP contribution in [0.5, 0.6) is 0 Å². The first-order valence-corrected chi connectivity index (χ1v) is 6.10. The first-order valence-electron chi connectivity index (χ1n) is 4.61. The molecule has 1 heterocycles. The molecular weight excluding hydrogens is 201 g/mol. The average molecular weight is 213 g/mol. The van der Waals surface area contributed by atoms with Crippen molar-refractivity contribution in [2.75, 3.05) is 29.5 Å². The second kappa shape index (κ2) is 4.09. The summed E-state index contributed by atoms with van der Waals surface area (Å²) in [7, 11) is -0.655. The van der Waals surface area contributed by atoms with E-state index in [9.17, 15) is 8.60 Å². The van der Waals surface area contributed by atoms with Gasteiger partial charge in [-0.25, -0.2) is 4.39 Å². The summed E-state index contributed by atoms with van der Waals surface area (Å²) in [5, 5.41) is 0. The molecule has 1 aromatic carbocycles. The number of anilines is 1. The summed E-state index contributed by atoms with van der Waals surface area (Å²) < 4.78 is 23.8. The molecule has 0 spiro atoms. The van der Waals surface area contributed by atoms with Gasteiger partial charge in [0.05, 0.1) is 0 Å². The number of halogens is 1. The zero-order valence-electron chi connectivity index (χ0n) is 7.78. The highest BCUT2D eigenvalue weighted by Gasteiger charge is 2.14. The molecule has 2 nitrogen and oxygen atoms in total. The molecule has 1 fully saturated rings. The highest BCUT2D eigenvalue weighted by Crippen LogP contribution is 2.16. The molecule has 1 aliphatic rings. The average Bonchev–Trinajstić information content (AvgIpc) is 2.21. The molecule has 0 bridgehead atoms. The Balaban J connectivity index is 2.08. The Morgan fingerprint density at radius 3 is 2.29 bits per heavy atom. The summed E-state index contributed by atoms with van der Waals surface area (Å²) in [6, 6.07) is 6.45. The summed E-state index contributed by atoms with van der Waals surface area (Å²) >= 11 is 0. The minimum absolute atomic E-state index is 0.214. The third kappa shape index (κ3) is 2.12. The van der Waals surface area contributed by atoms with E-state index in [1.165, 1.54) is 12.1 Å². The number of hydrogen-bond acceptors (Lipinski definition) is 2. The second-order valence-electron chi connectivity index (χ2n) is 3.31. The number of nitrogens with zero attached hydrogens (tertiary/aromatic N) is 1. The van der Waals surface area contributed by atoms with E-state index in [0.717, 1.165) is 30.3 Å². The maximum Gasteiger partial charge on any atom is 0.123 e. The Morgan fingerprint density at radius 2 is 1.71 bits per heavy atom. The Morgan fingerprint density at radius 1 is 1.14 bits per heavy atom. The Kier molecular flexibility index (Phi) is 2.82. The van der Waals surface area contributed by atoms with E-state index in [2.05, 4.69) is 4.90 Å². The van der Waals surface area contributed by atoms with Crippen LogP contribution < -0.4 is 4.90 Å². The van der Waals surface area contributed by atoms with Crippen molar-refractivity contribution >= 4 is 16.5 Å². The number of rotatable bonds is 1. The van der Waals surface area contributed by atoms with E-state index in [4.69, 9.17) is 0 Å². The molecule has 1 aromatic rings. The molecule has 0 radical (unpaired) electrons. The first kappa shape index (κ1) is 9.65. The second-order valence-corrected chi connectivity index (χ2v) is 5.01. The monoisotopic (exact) mass is 213 g/mol. The van der Waals surface area contributed by atoms with Crippen molar-refractivity contribution in [3.05, 3.63) is 30.1 Å². The van der Waals surface area contributed by atoms with Crippen LogP contribution in [0.25, 0.3) is 0 Å². The van der Waals surface area contributed by atoms with Crippen molar-refractivity contribution in [2.45, 2.75) is 0 Å². The van der Waals surface area contributed by atoms with E-state index in [-0.39, 0.29) is 5.82 Å². The minimum atomic E-state index is -0.655. The quantitative estimate of drug-likeness (QED) is 0.702. The highest BCUT2D eigenvalue weighted by atomic mass is 32.2. The molecule has 1 aliphatic heterocycles. The Hall–Kier alpha value is -0.900. The van der Waals surface area contributed by atoms with Crippen molar-refractivity contribution in [2.24, 2.45) is 0 Å². The largest absolute Gasteiger partial charge is 0.370 e. The predicted molar refractivity (Wildman–Crippen MR) is 56.5 cm³/mol. The van der Waals surface area contributed by atoms with Gasteiger partial charge in [0.2, 0.25) is 0 Å². The fourth-order valence-corrected chi connectivity index (χ4v) is 2.60. The molecule has 2 rings (SSSR count). The minimum Gasteiger partial charge on any atom is -0.370 e. The van der Waals surface area contributed by atoms with E-state index in [1.807, 2.05) is 0 Å². The zero-order valence-corrected chi connectivity index (χ0v) is 8.60. The molecule has 4 heteroatoms. The van der Waals surface area contributed by atoms with Crippen LogP contribution in [0.3, 0.4) is 0 Å². The van der Waals surface area contributed by atoms with E-state index in [0.29, 0.717) is 0 Å². The maximum absolute atomic E-state index is 12.6. The van der Waals surface area contributed by atoms with Crippen molar-refractivity contribution in [3.8, 4) is 0 Å². The van der Waals surface area contributed by atoms with Crippen molar-refractivity contribution in [3.63, 3.8) is 0 Å². The van der Waals surface area contributed by atoms with Gasteiger partial charge in [-0.1, -0.05) is 0 Å². The molecule has 0 aromatic heterocycles. The van der Waals surface area contributed by atoms with Gasteiger partial charge in [0, 0.05) is 41.1 Å². The predicted octanol–water partition coefficient (Wildman–Crippen LogP) is 1.39. The van der Waals surface area contributed by atoms with Gasteiger partial charge in [0.1, 0.15) is 5.82 Å². The number of benzene rings is 1. The van der Waals surface area contributed by atoms with Gasteiger partial charge in [-0.2, -0.15) is 0 Å². The number of hydrogen-bond donors (Lipinski definition) is 0. The molecule has 0 amide bonds. The van der Waals surface area contributed by atoms with Crippen LogP contribution >= 0.6 is 0 Å². The zero-order chi connectivity index (χ0) is 9.97. The lowest BCUT2D eigenvalue weighted by molar-refractivity contribution is 0.627. The highest BCUT2D eigenvalue weighted by molar-refractivity contribution is 7.85. The SMILES string of the molecule is O=S1CCN(c2ccc(F)cc2)CC1. The van der Waals surface area contributed by atoms with Crippen LogP contribution in [0.2, 0.25) is 0 Å². The summed E-state index contributed by atoms with van der Waals surface area (Å²) in [5.74, 6) is 1.23. The maximum atomic E-state index is 12.6.